The van der Waals surface area contributed by atoms with Crippen LogP contribution in [0.4, 0.5) is 0 Å². The molecule has 0 radical (unpaired) electrons. The molecule has 1 N–H and O–H groups in total. The Balaban J connectivity index is 2.09. The lowest BCUT2D eigenvalue weighted by Gasteiger charge is -2.08. The lowest BCUT2D eigenvalue weighted by molar-refractivity contribution is 0.0946. The average molecular weight is 337 g/mol. The molecule has 0 saturated carbocycles. The number of carbonyl (C=O) groups is 1. The van der Waals surface area contributed by atoms with E-state index in [9.17, 15) is 4.79 Å². The zero-order valence-corrected chi connectivity index (χ0v) is 12.9. The van der Waals surface area contributed by atoms with Gasteiger partial charge in [0.15, 0.2) is 0 Å². The number of pyridine rings is 1. The molecule has 4 nitrogen and oxygen atoms in total. The van der Waals surface area contributed by atoms with Gasteiger partial charge in [-0.15, -0.1) is 0 Å². The van der Waals surface area contributed by atoms with Gasteiger partial charge in [0, 0.05) is 35.8 Å². The molecule has 5 heteroatoms. The van der Waals surface area contributed by atoms with Crippen molar-refractivity contribution in [3.63, 3.8) is 0 Å². The second kappa shape index (κ2) is 7.36. The summed E-state index contributed by atoms with van der Waals surface area (Å²) in [6, 6.07) is 7.47. The first-order valence-corrected chi connectivity index (χ1v) is 7.42. The van der Waals surface area contributed by atoms with E-state index in [1.54, 1.807) is 12.3 Å². The third-order valence-corrected chi connectivity index (χ3v) is 3.56. The molecule has 0 aliphatic heterocycles. The van der Waals surface area contributed by atoms with E-state index in [-0.39, 0.29) is 5.91 Å². The van der Waals surface area contributed by atoms with Crippen molar-refractivity contribution < 1.29 is 9.53 Å². The van der Waals surface area contributed by atoms with Gasteiger partial charge in [-0.2, -0.15) is 0 Å². The average Bonchev–Trinajstić information content (AvgIpc) is 2.47. The van der Waals surface area contributed by atoms with E-state index in [1.165, 1.54) is 0 Å². The Bertz CT molecular complexity index is 601. The number of rotatable bonds is 6. The summed E-state index contributed by atoms with van der Waals surface area (Å²) in [4.78, 5) is 16.5. The standard InChI is InChI=1S/C15H17BrN2O2/c1-2-20-10-4-8-18-15(19)12-7-9-17-14-11(12)5-3-6-13(14)16/h3,5-7,9H,2,4,8,10H2,1H3,(H,18,19). The zero-order valence-electron chi connectivity index (χ0n) is 11.4. The lowest BCUT2D eigenvalue weighted by atomic mass is 10.1. The van der Waals surface area contributed by atoms with Crippen molar-refractivity contribution in [2.75, 3.05) is 19.8 Å². The Morgan fingerprint density at radius 2 is 2.25 bits per heavy atom. The van der Waals surface area contributed by atoms with Crippen molar-refractivity contribution in [1.29, 1.82) is 0 Å². The molecular weight excluding hydrogens is 320 g/mol. The summed E-state index contributed by atoms with van der Waals surface area (Å²) in [5.74, 6) is -0.0769. The highest BCUT2D eigenvalue weighted by molar-refractivity contribution is 9.10. The maximum Gasteiger partial charge on any atom is 0.252 e. The molecule has 0 aliphatic carbocycles. The van der Waals surface area contributed by atoms with E-state index in [2.05, 4.69) is 26.2 Å². The number of hydrogen-bond donors (Lipinski definition) is 1. The fraction of sp³-hybridized carbons (Fsp3) is 0.333. The van der Waals surface area contributed by atoms with E-state index in [4.69, 9.17) is 4.74 Å². The third kappa shape index (κ3) is 3.55. The number of nitrogens with one attached hydrogen (secondary N) is 1. The minimum absolute atomic E-state index is 0.0769. The van der Waals surface area contributed by atoms with Gasteiger partial charge >= 0.3 is 0 Å². The SMILES string of the molecule is CCOCCCNC(=O)c1ccnc2c(Br)cccc12. The van der Waals surface area contributed by atoms with Crippen LogP contribution in [0.25, 0.3) is 10.9 Å². The van der Waals surface area contributed by atoms with Crippen LogP contribution >= 0.6 is 15.9 Å². The van der Waals surface area contributed by atoms with Crippen LogP contribution in [-0.4, -0.2) is 30.6 Å². The number of aromatic nitrogens is 1. The number of benzene rings is 1. The molecular formula is C15H17BrN2O2. The monoisotopic (exact) mass is 336 g/mol. The van der Waals surface area contributed by atoms with Gasteiger partial charge in [0.1, 0.15) is 0 Å². The molecule has 0 fully saturated rings. The fourth-order valence-electron chi connectivity index (χ4n) is 1.95. The van der Waals surface area contributed by atoms with Gasteiger partial charge in [0.05, 0.1) is 11.1 Å². The van der Waals surface area contributed by atoms with Crippen molar-refractivity contribution in [2.24, 2.45) is 0 Å². The molecule has 0 atom stereocenters. The highest BCUT2D eigenvalue weighted by Gasteiger charge is 2.11. The van der Waals surface area contributed by atoms with Crippen LogP contribution < -0.4 is 5.32 Å². The van der Waals surface area contributed by atoms with Crippen LogP contribution in [0.3, 0.4) is 0 Å². The van der Waals surface area contributed by atoms with Crippen LogP contribution in [0.2, 0.25) is 0 Å². The number of amides is 1. The van der Waals surface area contributed by atoms with E-state index in [0.717, 1.165) is 21.8 Å². The Kier molecular flexibility index (Phi) is 5.49. The molecule has 2 aromatic rings. The number of carbonyl (C=O) groups excluding carboxylic acids is 1. The smallest absolute Gasteiger partial charge is 0.252 e. The summed E-state index contributed by atoms with van der Waals surface area (Å²) in [5, 5.41) is 3.76. The number of fused-ring (bicyclic) bond motifs is 1. The predicted octanol–water partition coefficient (Wildman–Crippen LogP) is 3.15. The van der Waals surface area contributed by atoms with Gasteiger partial charge in [-0.1, -0.05) is 12.1 Å². The van der Waals surface area contributed by atoms with Crippen molar-refractivity contribution in [3.05, 3.63) is 40.5 Å². The molecule has 1 amide bonds. The molecule has 0 bridgehead atoms. The minimum Gasteiger partial charge on any atom is -0.382 e. The van der Waals surface area contributed by atoms with Gasteiger partial charge in [-0.25, -0.2) is 0 Å². The minimum atomic E-state index is -0.0769. The first-order chi connectivity index (χ1) is 9.74. The molecule has 1 aromatic carbocycles. The second-order valence-electron chi connectivity index (χ2n) is 4.30. The van der Waals surface area contributed by atoms with Gasteiger partial charge in [-0.05, 0) is 41.4 Å². The molecule has 1 heterocycles. The molecule has 0 aliphatic rings. The summed E-state index contributed by atoms with van der Waals surface area (Å²) >= 11 is 3.45. The van der Waals surface area contributed by atoms with E-state index in [1.807, 2.05) is 25.1 Å². The van der Waals surface area contributed by atoms with Gasteiger partial charge in [-0.3, -0.25) is 9.78 Å². The van der Waals surface area contributed by atoms with E-state index >= 15 is 0 Å². The topological polar surface area (TPSA) is 51.2 Å². The maximum absolute atomic E-state index is 12.2. The molecule has 2 rings (SSSR count). The molecule has 0 spiro atoms. The van der Waals surface area contributed by atoms with Crippen molar-refractivity contribution in [1.82, 2.24) is 10.3 Å². The summed E-state index contributed by atoms with van der Waals surface area (Å²) in [5.41, 5.74) is 1.45. The quantitative estimate of drug-likeness (QED) is 0.824. The molecule has 0 unspecified atom stereocenters. The first-order valence-electron chi connectivity index (χ1n) is 6.63. The van der Waals surface area contributed by atoms with Gasteiger partial charge < -0.3 is 10.1 Å². The number of para-hydroxylation sites is 1. The summed E-state index contributed by atoms with van der Waals surface area (Å²) in [6.45, 7) is 3.94. The Morgan fingerprint density at radius 3 is 3.05 bits per heavy atom. The van der Waals surface area contributed by atoms with Crippen molar-refractivity contribution in [3.8, 4) is 0 Å². The third-order valence-electron chi connectivity index (χ3n) is 2.92. The van der Waals surface area contributed by atoms with Crippen LogP contribution in [0.1, 0.15) is 23.7 Å². The highest BCUT2D eigenvalue weighted by Crippen LogP contribution is 2.24. The molecule has 1 aromatic heterocycles. The van der Waals surface area contributed by atoms with Gasteiger partial charge in [0.2, 0.25) is 0 Å². The number of halogens is 1. The number of ether oxygens (including phenoxy) is 1. The summed E-state index contributed by atoms with van der Waals surface area (Å²) in [7, 11) is 0. The fourth-order valence-corrected chi connectivity index (χ4v) is 2.42. The van der Waals surface area contributed by atoms with Crippen molar-refractivity contribution in [2.45, 2.75) is 13.3 Å². The second-order valence-corrected chi connectivity index (χ2v) is 5.16. The van der Waals surface area contributed by atoms with Crippen LogP contribution in [0.5, 0.6) is 0 Å². The lowest BCUT2D eigenvalue weighted by Crippen LogP contribution is -2.25. The highest BCUT2D eigenvalue weighted by atomic mass is 79.9. The van der Waals surface area contributed by atoms with Crippen LogP contribution in [-0.2, 0) is 4.74 Å². The first kappa shape index (κ1) is 14.9. The Morgan fingerprint density at radius 1 is 1.40 bits per heavy atom. The summed E-state index contributed by atoms with van der Waals surface area (Å²) in [6.07, 6.45) is 2.47. The molecule has 20 heavy (non-hydrogen) atoms. The largest absolute Gasteiger partial charge is 0.382 e. The van der Waals surface area contributed by atoms with Crippen LogP contribution in [0.15, 0.2) is 34.9 Å². The molecule has 106 valence electrons. The number of nitrogens with zero attached hydrogens (tertiary/aromatic N) is 1. The Hall–Kier alpha value is -1.46. The molecule has 0 saturated heterocycles. The van der Waals surface area contributed by atoms with Crippen LogP contribution in [0, 0.1) is 0 Å². The normalized spacial score (nSPS) is 10.7. The predicted molar refractivity (Wildman–Crippen MR) is 82.9 cm³/mol. The van der Waals surface area contributed by atoms with Crippen molar-refractivity contribution >= 4 is 32.7 Å². The summed E-state index contributed by atoms with van der Waals surface area (Å²) < 4.78 is 6.13. The zero-order chi connectivity index (χ0) is 14.4. The van der Waals surface area contributed by atoms with E-state index in [0.29, 0.717) is 25.3 Å². The maximum atomic E-state index is 12.2. The Labute approximate surface area is 126 Å². The van der Waals surface area contributed by atoms with Gasteiger partial charge in [0.25, 0.3) is 5.91 Å². The number of hydrogen-bond acceptors (Lipinski definition) is 3. The van der Waals surface area contributed by atoms with E-state index < -0.39 is 0 Å².